The van der Waals surface area contributed by atoms with Crippen molar-refractivity contribution in [1.29, 1.82) is 0 Å². The monoisotopic (exact) mass is 430 g/mol. The van der Waals surface area contributed by atoms with Crippen molar-refractivity contribution in [2.24, 2.45) is 0 Å². The van der Waals surface area contributed by atoms with E-state index in [0.29, 0.717) is 41.2 Å². The zero-order chi connectivity index (χ0) is 20.9. The van der Waals surface area contributed by atoms with Crippen molar-refractivity contribution in [1.82, 2.24) is 10.1 Å². The van der Waals surface area contributed by atoms with E-state index in [1.807, 2.05) is 6.07 Å². The van der Waals surface area contributed by atoms with E-state index in [1.165, 1.54) is 12.1 Å². The Bertz CT molecular complexity index is 1020. The number of anilines is 2. The number of morpholine rings is 1. The van der Waals surface area contributed by atoms with Crippen molar-refractivity contribution < 1.29 is 18.4 Å². The van der Waals surface area contributed by atoms with E-state index in [2.05, 4.69) is 20.4 Å². The molecule has 0 spiro atoms. The molecule has 0 unspecified atom stereocenters. The predicted molar refractivity (Wildman–Crippen MR) is 111 cm³/mol. The quantitative estimate of drug-likeness (QED) is 0.638. The van der Waals surface area contributed by atoms with Crippen LogP contribution in [0.5, 0.6) is 0 Å². The van der Waals surface area contributed by atoms with Crippen LogP contribution in [-0.2, 0) is 16.0 Å². The molecule has 0 saturated carbocycles. The molecule has 4 rings (SSSR count). The second-order valence-electron chi connectivity index (χ2n) is 6.83. The molecular weight excluding hydrogens is 411 g/mol. The first-order chi connectivity index (χ1) is 14.6. The molecule has 1 N–H and O–H groups in total. The van der Waals surface area contributed by atoms with E-state index in [4.69, 9.17) is 20.9 Å². The third-order valence-electron chi connectivity index (χ3n) is 4.72. The van der Waals surface area contributed by atoms with Crippen molar-refractivity contribution in [2.75, 3.05) is 36.5 Å². The minimum atomic E-state index is -0.336. The minimum Gasteiger partial charge on any atom is -0.378 e. The minimum absolute atomic E-state index is 0.167. The number of nitrogens with one attached hydrogen (secondary N) is 1. The summed E-state index contributed by atoms with van der Waals surface area (Å²) in [5.74, 6) is 0.170. The predicted octanol–water partition coefficient (Wildman–Crippen LogP) is 3.94. The summed E-state index contributed by atoms with van der Waals surface area (Å²) in [7, 11) is 0. The number of rotatable bonds is 6. The summed E-state index contributed by atoms with van der Waals surface area (Å²) in [6.07, 6.45) is 0.452. The van der Waals surface area contributed by atoms with Gasteiger partial charge in [0.15, 0.2) is 0 Å². The Hall–Kier alpha value is -2.97. The number of nitrogens with zero attached hydrogens (tertiary/aromatic N) is 3. The first-order valence-electron chi connectivity index (χ1n) is 9.59. The van der Waals surface area contributed by atoms with Gasteiger partial charge >= 0.3 is 0 Å². The van der Waals surface area contributed by atoms with E-state index < -0.39 is 0 Å². The molecule has 0 bridgehead atoms. The molecule has 3 aromatic rings. The Morgan fingerprint density at radius 2 is 1.93 bits per heavy atom. The highest BCUT2D eigenvalue weighted by atomic mass is 35.5. The summed E-state index contributed by atoms with van der Waals surface area (Å²) < 4.78 is 23.6. The van der Waals surface area contributed by atoms with Gasteiger partial charge in [0.2, 0.25) is 17.6 Å². The molecule has 1 amide bonds. The molecule has 0 radical (unpaired) electrons. The van der Waals surface area contributed by atoms with Gasteiger partial charge in [0.05, 0.1) is 24.6 Å². The molecule has 2 heterocycles. The molecule has 156 valence electrons. The van der Waals surface area contributed by atoms with Gasteiger partial charge in [-0.1, -0.05) is 16.8 Å². The molecule has 9 heteroatoms. The maximum absolute atomic E-state index is 13.0. The third kappa shape index (κ3) is 4.95. The van der Waals surface area contributed by atoms with Crippen LogP contribution in [0.2, 0.25) is 5.02 Å². The van der Waals surface area contributed by atoms with E-state index in [9.17, 15) is 9.18 Å². The smallest absolute Gasteiger partial charge is 0.227 e. The molecule has 1 fully saturated rings. The highest BCUT2D eigenvalue weighted by molar-refractivity contribution is 6.31. The Kier molecular flexibility index (Phi) is 6.25. The first-order valence-corrected chi connectivity index (χ1v) is 9.97. The van der Waals surface area contributed by atoms with Crippen molar-refractivity contribution in [2.45, 2.75) is 12.8 Å². The summed E-state index contributed by atoms with van der Waals surface area (Å²) >= 11 is 6.13. The van der Waals surface area contributed by atoms with Crippen LogP contribution in [0, 0.1) is 5.82 Å². The van der Waals surface area contributed by atoms with Gasteiger partial charge < -0.3 is 19.5 Å². The number of ether oxygens (including phenoxy) is 1. The molecule has 1 saturated heterocycles. The Labute approximate surface area is 177 Å². The number of amides is 1. The van der Waals surface area contributed by atoms with Gasteiger partial charge in [-0.2, -0.15) is 4.98 Å². The lowest BCUT2D eigenvalue weighted by Crippen LogP contribution is -2.36. The summed E-state index contributed by atoms with van der Waals surface area (Å²) in [4.78, 5) is 18.9. The zero-order valence-electron chi connectivity index (χ0n) is 16.1. The van der Waals surface area contributed by atoms with Crippen molar-refractivity contribution >= 4 is 28.9 Å². The maximum atomic E-state index is 13.0. The third-order valence-corrected chi connectivity index (χ3v) is 4.96. The lowest BCUT2D eigenvalue weighted by molar-refractivity contribution is -0.116. The Morgan fingerprint density at radius 3 is 2.70 bits per heavy atom. The number of aryl methyl sites for hydroxylation is 1. The average Bonchev–Trinajstić information content (AvgIpc) is 3.23. The van der Waals surface area contributed by atoms with Crippen LogP contribution in [0.3, 0.4) is 0 Å². The van der Waals surface area contributed by atoms with Gasteiger partial charge in [0.1, 0.15) is 5.82 Å². The average molecular weight is 431 g/mol. The van der Waals surface area contributed by atoms with Crippen LogP contribution < -0.4 is 10.2 Å². The van der Waals surface area contributed by atoms with Crippen LogP contribution in [0.1, 0.15) is 12.3 Å². The molecule has 1 aliphatic rings. The number of halogens is 2. The van der Waals surface area contributed by atoms with Crippen molar-refractivity contribution in [3.05, 3.63) is 59.2 Å². The summed E-state index contributed by atoms with van der Waals surface area (Å²) in [5.41, 5.74) is 2.21. The lowest BCUT2D eigenvalue weighted by Gasteiger charge is -2.30. The molecule has 1 aromatic heterocycles. The normalized spacial score (nSPS) is 14.0. The van der Waals surface area contributed by atoms with Gasteiger partial charge in [-0.05, 0) is 42.5 Å². The van der Waals surface area contributed by atoms with Gasteiger partial charge in [-0.15, -0.1) is 0 Å². The van der Waals surface area contributed by atoms with E-state index in [0.717, 1.165) is 18.8 Å². The zero-order valence-corrected chi connectivity index (χ0v) is 16.9. The summed E-state index contributed by atoms with van der Waals surface area (Å²) in [6, 6.07) is 11.2. The highest BCUT2D eigenvalue weighted by Crippen LogP contribution is 2.30. The number of hydrogen-bond acceptors (Lipinski definition) is 6. The molecular formula is C21H20ClFN4O3. The first kappa shape index (κ1) is 20.3. The fourth-order valence-electron chi connectivity index (χ4n) is 3.19. The van der Waals surface area contributed by atoms with Gasteiger partial charge in [-0.25, -0.2) is 4.39 Å². The molecule has 2 aromatic carbocycles. The second-order valence-corrected chi connectivity index (χ2v) is 7.26. The fraction of sp³-hybridized carbons (Fsp3) is 0.286. The maximum Gasteiger partial charge on any atom is 0.227 e. The molecule has 1 aliphatic heterocycles. The molecule has 30 heavy (non-hydrogen) atoms. The van der Waals surface area contributed by atoms with Gasteiger partial charge in [-0.3, -0.25) is 4.79 Å². The molecule has 0 aliphatic carbocycles. The van der Waals surface area contributed by atoms with E-state index >= 15 is 0 Å². The topological polar surface area (TPSA) is 80.5 Å². The SMILES string of the molecule is O=C(CCc1nc(-c2ccc(F)cc2)no1)Nc1cc(Cl)ccc1N1CCOCC1. The standard InChI is InChI=1S/C21H20ClFN4O3/c22-15-3-6-18(27-9-11-29-12-10-27)17(13-15)24-19(28)7-8-20-25-21(26-30-20)14-1-4-16(23)5-2-14/h1-6,13H,7-12H2,(H,24,28). The van der Waals surface area contributed by atoms with Crippen molar-refractivity contribution in [3.8, 4) is 11.4 Å². The summed E-state index contributed by atoms with van der Waals surface area (Å²) in [5, 5.41) is 7.36. The van der Waals surface area contributed by atoms with Crippen LogP contribution in [0.4, 0.5) is 15.8 Å². The lowest BCUT2D eigenvalue weighted by atomic mass is 10.2. The summed E-state index contributed by atoms with van der Waals surface area (Å²) in [6.45, 7) is 2.78. The second kappa shape index (κ2) is 9.23. The van der Waals surface area contributed by atoms with Crippen LogP contribution in [0.15, 0.2) is 47.0 Å². The Balaban J connectivity index is 1.38. The Morgan fingerprint density at radius 1 is 1.17 bits per heavy atom. The molecule has 7 nitrogen and oxygen atoms in total. The van der Waals surface area contributed by atoms with Crippen LogP contribution in [0.25, 0.3) is 11.4 Å². The number of aromatic nitrogens is 2. The van der Waals surface area contributed by atoms with E-state index in [1.54, 1.807) is 24.3 Å². The van der Waals surface area contributed by atoms with Gasteiger partial charge in [0, 0.05) is 36.5 Å². The molecule has 0 atom stereocenters. The number of benzene rings is 2. The number of carbonyl (C=O) groups excluding carboxylic acids is 1. The van der Waals surface area contributed by atoms with Gasteiger partial charge in [0.25, 0.3) is 0 Å². The number of carbonyl (C=O) groups is 1. The largest absolute Gasteiger partial charge is 0.378 e. The van der Waals surface area contributed by atoms with Crippen LogP contribution >= 0.6 is 11.6 Å². The fourth-order valence-corrected chi connectivity index (χ4v) is 3.37. The van der Waals surface area contributed by atoms with Crippen LogP contribution in [-0.4, -0.2) is 42.4 Å². The van der Waals surface area contributed by atoms with E-state index in [-0.39, 0.29) is 24.6 Å². The van der Waals surface area contributed by atoms with Crippen molar-refractivity contribution in [3.63, 3.8) is 0 Å². The number of hydrogen-bond donors (Lipinski definition) is 1. The highest BCUT2D eigenvalue weighted by Gasteiger charge is 2.17.